The summed E-state index contributed by atoms with van der Waals surface area (Å²) in [7, 11) is 0. The Labute approximate surface area is 66.3 Å². The fraction of sp³-hybridized carbons (Fsp3) is 0.875. The molecule has 0 radical (unpaired) electrons. The molecule has 2 rings (SSSR count). The van der Waals surface area contributed by atoms with Gasteiger partial charge < -0.3 is 9.64 Å². The van der Waals surface area contributed by atoms with E-state index >= 15 is 0 Å². The number of hydrogen-bond acceptors (Lipinski definition) is 2. The van der Waals surface area contributed by atoms with Gasteiger partial charge in [0.2, 0.25) is 6.41 Å². The monoisotopic (exact) mass is 155 g/mol. The van der Waals surface area contributed by atoms with Crippen LogP contribution in [0.5, 0.6) is 0 Å². The van der Waals surface area contributed by atoms with Gasteiger partial charge in [0.25, 0.3) is 0 Å². The molecule has 3 nitrogen and oxygen atoms in total. The lowest BCUT2D eigenvalue weighted by atomic mass is 10.2. The van der Waals surface area contributed by atoms with E-state index in [4.69, 9.17) is 4.74 Å². The van der Waals surface area contributed by atoms with E-state index in [1.165, 1.54) is 12.8 Å². The average molecular weight is 155 g/mol. The molecule has 1 aliphatic heterocycles. The molecule has 1 atom stereocenters. The van der Waals surface area contributed by atoms with Crippen molar-refractivity contribution in [3.05, 3.63) is 0 Å². The standard InChI is InChI=1S/C8H13NO2/c10-6-9-3-4-11-8(5-9)7-1-2-7/h6-8H,1-5H2. The molecule has 0 aromatic rings. The maximum atomic E-state index is 10.4. The van der Waals surface area contributed by atoms with Gasteiger partial charge in [-0.05, 0) is 18.8 Å². The van der Waals surface area contributed by atoms with E-state index in [9.17, 15) is 4.79 Å². The van der Waals surface area contributed by atoms with E-state index in [1.807, 2.05) is 4.90 Å². The first kappa shape index (κ1) is 7.10. The highest BCUT2D eigenvalue weighted by molar-refractivity contribution is 5.47. The highest BCUT2D eigenvalue weighted by atomic mass is 16.5. The van der Waals surface area contributed by atoms with E-state index in [-0.39, 0.29) is 0 Å². The van der Waals surface area contributed by atoms with E-state index in [0.29, 0.717) is 6.10 Å². The Kier molecular flexibility index (Phi) is 1.82. The van der Waals surface area contributed by atoms with Crippen molar-refractivity contribution in [1.82, 2.24) is 4.90 Å². The molecule has 0 N–H and O–H groups in total. The van der Waals surface area contributed by atoms with E-state index < -0.39 is 0 Å². The number of amides is 1. The van der Waals surface area contributed by atoms with Crippen LogP contribution in [0.2, 0.25) is 0 Å². The summed E-state index contributed by atoms with van der Waals surface area (Å²) < 4.78 is 5.53. The van der Waals surface area contributed by atoms with Gasteiger partial charge in [-0.15, -0.1) is 0 Å². The third kappa shape index (κ3) is 1.53. The zero-order valence-corrected chi connectivity index (χ0v) is 6.53. The van der Waals surface area contributed by atoms with Crippen LogP contribution in [0.4, 0.5) is 0 Å². The van der Waals surface area contributed by atoms with Gasteiger partial charge in [-0.2, -0.15) is 0 Å². The highest BCUT2D eigenvalue weighted by Crippen LogP contribution is 2.35. The van der Waals surface area contributed by atoms with Crippen molar-refractivity contribution in [1.29, 1.82) is 0 Å². The van der Waals surface area contributed by atoms with Gasteiger partial charge in [-0.3, -0.25) is 4.79 Å². The molecule has 1 saturated heterocycles. The van der Waals surface area contributed by atoms with Gasteiger partial charge in [0.1, 0.15) is 0 Å². The van der Waals surface area contributed by atoms with E-state index in [0.717, 1.165) is 32.0 Å². The number of hydrogen-bond donors (Lipinski definition) is 0. The lowest BCUT2D eigenvalue weighted by Gasteiger charge is -2.30. The summed E-state index contributed by atoms with van der Waals surface area (Å²) >= 11 is 0. The summed E-state index contributed by atoms with van der Waals surface area (Å²) in [6, 6.07) is 0. The number of ether oxygens (including phenoxy) is 1. The summed E-state index contributed by atoms with van der Waals surface area (Å²) in [6.45, 7) is 2.31. The van der Waals surface area contributed by atoms with Crippen molar-refractivity contribution >= 4 is 6.41 Å². The molecule has 62 valence electrons. The molecule has 1 unspecified atom stereocenters. The number of nitrogens with zero attached hydrogens (tertiary/aromatic N) is 1. The Morgan fingerprint density at radius 2 is 2.27 bits per heavy atom. The first-order valence-corrected chi connectivity index (χ1v) is 4.21. The van der Waals surface area contributed by atoms with Crippen molar-refractivity contribution in [2.45, 2.75) is 18.9 Å². The maximum Gasteiger partial charge on any atom is 0.209 e. The summed E-state index contributed by atoms with van der Waals surface area (Å²) in [6.07, 6.45) is 3.85. The lowest BCUT2D eigenvalue weighted by molar-refractivity contribution is -0.126. The molecule has 3 heteroatoms. The zero-order valence-electron chi connectivity index (χ0n) is 6.53. The molecule has 1 heterocycles. The molecule has 1 amide bonds. The molecular formula is C8H13NO2. The number of carbonyl (C=O) groups excluding carboxylic acids is 1. The molecule has 2 aliphatic rings. The normalized spacial score (nSPS) is 32.0. The molecule has 0 spiro atoms. The van der Waals surface area contributed by atoms with Crippen LogP contribution in [0.3, 0.4) is 0 Å². The highest BCUT2D eigenvalue weighted by Gasteiger charge is 2.34. The van der Waals surface area contributed by atoms with Crippen LogP contribution < -0.4 is 0 Å². The third-order valence-electron chi connectivity index (χ3n) is 2.42. The number of morpholine rings is 1. The summed E-state index contributed by atoms with van der Waals surface area (Å²) in [5.74, 6) is 0.748. The van der Waals surface area contributed by atoms with Crippen LogP contribution in [0, 0.1) is 5.92 Å². The number of rotatable bonds is 2. The van der Waals surface area contributed by atoms with Crippen LogP contribution >= 0.6 is 0 Å². The van der Waals surface area contributed by atoms with Crippen molar-refractivity contribution < 1.29 is 9.53 Å². The molecule has 2 fully saturated rings. The number of carbonyl (C=O) groups is 1. The molecule has 0 bridgehead atoms. The lowest BCUT2D eigenvalue weighted by Crippen LogP contribution is -2.42. The van der Waals surface area contributed by atoms with E-state index in [1.54, 1.807) is 0 Å². The zero-order chi connectivity index (χ0) is 7.68. The second-order valence-corrected chi connectivity index (χ2v) is 3.35. The smallest absolute Gasteiger partial charge is 0.209 e. The third-order valence-corrected chi connectivity index (χ3v) is 2.42. The fourth-order valence-corrected chi connectivity index (χ4v) is 1.55. The Morgan fingerprint density at radius 3 is 2.91 bits per heavy atom. The second kappa shape index (κ2) is 2.81. The quantitative estimate of drug-likeness (QED) is 0.535. The Bertz CT molecular complexity index is 156. The molecule has 11 heavy (non-hydrogen) atoms. The minimum atomic E-state index is 0.342. The summed E-state index contributed by atoms with van der Waals surface area (Å²) in [5.41, 5.74) is 0. The largest absolute Gasteiger partial charge is 0.374 e. The predicted molar refractivity (Wildman–Crippen MR) is 40.1 cm³/mol. The first-order valence-electron chi connectivity index (χ1n) is 4.21. The van der Waals surface area contributed by atoms with Gasteiger partial charge in [-0.1, -0.05) is 0 Å². The van der Waals surface area contributed by atoms with Crippen LogP contribution in [-0.4, -0.2) is 37.1 Å². The molecule has 0 aromatic heterocycles. The van der Waals surface area contributed by atoms with Crippen LogP contribution in [0.25, 0.3) is 0 Å². The first-order chi connectivity index (χ1) is 5.40. The molecule has 1 saturated carbocycles. The van der Waals surface area contributed by atoms with Crippen molar-refractivity contribution in [2.75, 3.05) is 19.7 Å². The van der Waals surface area contributed by atoms with Crippen molar-refractivity contribution in [3.63, 3.8) is 0 Å². The van der Waals surface area contributed by atoms with Crippen LogP contribution in [-0.2, 0) is 9.53 Å². The predicted octanol–water partition coefficient (Wildman–Crippen LogP) is 0.254. The topological polar surface area (TPSA) is 29.5 Å². The van der Waals surface area contributed by atoms with Gasteiger partial charge in [-0.25, -0.2) is 0 Å². The average Bonchev–Trinajstić information content (AvgIpc) is 2.87. The van der Waals surface area contributed by atoms with Crippen LogP contribution in [0.1, 0.15) is 12.8 Å². The van der Waals surface area contributed by atoms with Gasteiger partial charge in [0.15, 0.2) is 0 Å². The molecule has 1 aliphatic carbocycles. The molecular weight excluding hydrogens is 142 g/mol. The van der Waals surface area contributed by atoms with Gasteiger partial charge in [0.05, 0.1) is 12.7 Å². The Hall–Kier alpha value is -0.570. The minimum Gasteiger partial charge on any atom is -0.374 e. The van der Waals surface area contributed by atoms with Gasteiger partial charge in [0, 0.05) is 13.1 Å². The maximum absolute atomic E-state index is 10.4. The molecule has 0 aromatic carbocycles. The minimum absolute atomic E-state index is 0.342. The SMILES string of the molecule is O=CN1CCOC(C2CC2)C1. The second-order valence-electron chi connectivity index (χ2n) is 3.35. The fourth-order valence-electron chi connectivity index (χ4n) is 1.55. The van der Waals surface area contributed by atoms with Crippen LogP contribution in [0.15, 0.2) is 0 Å². The summed E-state index contributed by atoms with van der Waals surface area (Å²) in [5, 5.41) is 0. The van der Waals surface area contributed by atoms with E-state index in [2.05, 4.69) is 0 Å². The Balaban J connectivity index is 1.86. The van der Waals surface area contributed by atoms with Gasteiger partial charge >= 0.3 is 0 Å². The summed E-state index contributed by atoms with van der Waals surface area (Å²) in [4.78, 5) is 12.2. The van der Waals surface area contributed by atoms with Crippen molar-refractivity contribution in [2.24, 2.45) is 5.92 Å². The van der Waals surface area contributed by atoms with Crippen molar-refractivity contribution in [3.8, 4) is 0 Å². The Morgan fingerprint density at radius 1 is 1.45 bits per heavy atom.